The largest absolute Gasteiger partial charge is 0.487 e. The van der Waals surface area contributed by atoms with Gasteiger partial charge in [0.1, 0.15) is 17.6 Å². The van der Waals surface area contributed by atoms with Crippen LogP contribution in [-0.2, 0) is 0 Å². The molecule has 0 bridgehead atoms. The number of anilines is 4. The van der Waals surface area contributed by atoms with Crippen LogP contribution in [0.3, 0.4) is 0 Å². The summed E-state index contributed by atoms with van der Waals surface area (Å²) in [5.74, 6) is -0.863. The van der Waals surface area contributed by atoms with E-state index in [9.17, 15) is 28.3 Å². The van der Waals surface area contributed by atoms with E-state index in [-0.39, 0.29) is 16.9 Å². The van der Waals surface area contributed by atoms with Gasteiger partial charge in [-0.3, -0.25) is 4.79 Å². The number of nitriles is 1. The lowest BCUT2D eigenvalue weighted by atomic mass is 10.1. The van der Waals surface area contributed by atoms with E-state index >= 15 is 0 Å². The monoisotopic (exact) mass is 517 g/mol. The summed E-state index contributed by atoms with van der Waals surface area (Å²) in [4.78, 5) is 19.1. The normalized spacial score (nSPS) is 15.3. The number of nitrogens with zero attached hydrogens (tertiary/aromatic N) is 3. The summed E-state index contributed by atoms with van der Waals surface area (Å²) in [6.45, 7) is 0.857. The number of halogens is 4. The van der Waals surface area contributed by atoms with E-state index in [1.807, 2.05) is 11.0 Å². The summed E-state index contributed by atoms with van der Waals surface area (Å²) in [6.07, 6.45) is 1.36. The standard InChI is InChI=1S/C24H19ClF3N5O3/c25-24(27,28)36-19-4-2-17(3-5-19)31-23(35)15-10-21(22(30-12-15)33-8-7-18(34)13-33)32-20-6-1-16(26)9-14(20)11-29/h1-6,9-10,12,18,32,34H,7-8,13H2,(H,31,35)/t18-/m1/s1. The number of pyridine rings is 1. The number of alkyl halides is 3. The average molecular weight is 518 g/mol. The molecular weight excluding hydrogens is 499 g/mol. The van der Waals surface area contributed by atoms with Crippen LogP contribution < -0.4 is 20.3 Å². The van der Waals surface area contributed by atoms with Crippen molar-refractivity contribution in [2.24, 2.45) is 0 Å². The van der Waals surface area contributed by atoms with E-state index in [0.29, 0.717) is 42.4 Å². The molecule has 3 aromatic rings. The predicted molar refractivity (Wildman–Crippen MR) is 127 cm³/mol. The van der Waals surface area contributed by atoms with Crippen LogP contribution in [0, 0.1) is 17.1 Å². The summed E-state index contributed by atoms with van der Waals surface area (Å²) < 4.78 is 43.4. The number of carbonyl (C=O) groups is 1. The van der Waals surface area contributed by atoms with Crippen molar-refractivity contribution in [1.29, 1.82) is 5.26 Å². The second kappa shape index (κ2) is 10.3. The molecule has 12 heteroatoms. The first-order valence-electron chi connectivity index (χ1n) is 10.7. The highest BCUT2D eigenvalue weighted by Gasteiger charge is 2.27. The van der Waals surface area contributed by atoms with Crippen molar-refractivity contribution >= 4 is 40.4 Å². The number of β-amino-alcohol motifs (C(OH)–C–C–N with tert-alkyl or cyclic N) is 1. The minimum Gasteiger partial charge on any atom is -0.420 e. The molecule has 0 spiro atoms. The highest BCUT2D eigenvalue weighted by molar-refractivity contribution is 6.20. The molecule has 0 radical (unpaired) electrons. The number of hydrogen-bond donors (Lipinski definition) is 3. The smallest absolute Gasteiger partial charge is 0.420 e. The van der Waals surface area contributed by atoms with Gasteiger partial charge in [-0.15, -0.1) is 8.78 Å². The maximum absolute atomic E-state index is 13.6. The molecule has 1 fully saturated rings. The van der Waals surface area contributed by atoms with Gasteiger partial charge >= 0.3 is 5.57 Å². The lowest BCUT2D eigenvalue weighted by Gasteiger charge is -2.22. The van der Waals surface area contributed by atoms with Crippen molar-refractivity contribution in [3.8, 4) is 11.8 Å². The number of benzene rings is 2. The Morgan fingerprint density at radius 3 is 2.61 bits per heavy atom. The van der Waals surface area contributed by atoms with Crippen molar-refractivity contribution in [3.05, 3.63) is 71.7 Å². The Morgan fingerprint density at radius 2 is 1.97 bits per heavy atom. The van der Waals surface area contributed by atoms with Gasteiger partial charge in [0.25, 0.3) is 5.91 Å². The Balaban J connectivity index is 1.60. The zero-order valence-corrected chi connectivity index (χ0v) is 19.3. The van der Waals surface area contributed by atoms with Gasteiger partial charge in [0, 0.05) is 36.6 Å². The second-order valence-electron chi connectivity index (χ2n) is 7.94. The molecule has 1 aliphatic heterocycles. The molecule has 1 aromatic heterocycles. The van der Waals surface area contributed by atoms with Crippen molar-refractivity contribution < 1.29 is 27.8 Å². The van der Waals surface area contributed by atoms with E-state index in [4.69, 9.17) is 11.6 Å². The first-order valence-corrected chi connectivity index (χ1v) is 11.1. The molecule has 2 heterocycles. The van der Waals surface area contributed by atoms with Gasteiger partial charge in [0.05, 0.1) is 28.6 Å². The summed E-state index contributed by atoms with van der Waals surface area (Å²) in [6, 6.07) is 12.3. The summed E-state index contributed by atoms with van der Waals surface area (Å²) in [5.41, 5.74) is -2.67. The topological polar surface area (TPSA) is 111 Å². The summed E-state index contributed by atoms with van der Waals surface area (Å²) in [5, 5.41) is 25.0. The molecule has 4 rings (SSSR count). The third-order valence-corrected chi connectivity index (χ3v) is 5.39. The fourth-order valence-electron chi connectivity index (χ4n) is 3.67. The van der Waals surface area contributed by atoms with Crippen LogP contribution in [0.2, 0.25) is 0 Å². The van der Waals surface area contributed by atoms with Crippen LogP contribution >= 0.6 is 11.6 Å². The molecule has 0 unspecified atom stereocenters. The maximum Gasteiger partial charge on any atom is 0.487 e. The quantitative estimate of drug-likeness (QED) is 0.385. The van der Waals surface area contributed by atoms with Crippen molar-refractivity contribution in [1.82, 2.24) is 4.98 Å². The van der Waals surface area contributed by atoms with E-state index in [0.717, 1.165) is 6.07 Å². The van der Waals surface area contributed by atoms with E-state index in [1.54, 1.807) is 0 Å². The molecule has 1 amide bonds. The van der Waals surface area contributed by atoms with Gasteiger partial charge in [-0.05, 0) is 55.0 Å². The number of aliphatic hydroxyl groups excluding tert-OH is 1. The molecular formula is C24H19ClF3N5O3. The van der Waals surface area contributed by atoms with Crippen molar-refractivity contribution in [2.45, 2.75) is 18.1 Å². The van der Waals surface area contributed by atoms with E-state index in [2.05, 4.69) is 20.4 Å². The first-order chi connectivity index (χ1) is 17.1. The lowest BCUT2D eigenvalue weighted by Crippen LogP contribution is -2.24. The number of nitrogens with one attached hydrogen (secondary N) is 2. The minimum absolute atomic E-state index is 0.0575. The maximum atomic E-state index is 13.6. The third-order valence-electron chi connectivity index (χ3n) is 5.31. The Kier molecular flexibility index (Phi) is 7.19. The Labute approximate surface area is 208 Å². The molecule has 2 aromatic carbocycles. The predicted octanol–water partition coefficient (Wildman–Crippen LogP) is 4.83. The SMILES string of the molecule is N#Cc1cc(F)ccc1Nc1cc(C(=O)Nc2ccc(OC(F)(F)Cl)cc2)cnc1N1CC[C@@H](O)C1. The molecule has 3 N–H and O–H groups in total. The van der Waals surface area contributed by atoms with Crippen LogP contribution in [0.4, 0.5) is 36.1 Å². The number of rotatable bonds is 7. The first kappa shape index (κ1) is 25.1. The molecule has 8 nitrogen and oxygen atoms in total. The second-order valence-corrected chi connectivity index (χ2v) is 8.38. The molecule has 36 heavy (non-hydrogen) atoms. The Hall–Kier alpha value is -4.01. The van der Waals surface area contributed by atoms with Gasteiger partial charge in [-0.25, -0.2) is 9.37 Å². The fourth-order valence-corrected chi connectivity index (χ4v) is 3.76. The number of carbonyl (C=O) groups excluding carboxylic acids is 1. The van der Waals surface area contributed by atoms with Gasteiger partial charge in [0.2, 0.25) is 0 Å². The van der Waals surface area contributed by atoms with Crippen LogP contribution in [0.1, 0.15) is 22.3 Å². The minimum atomic E-state index is -3.86. The molecule has 1 atom stereocenters. The van der Waals surface area contributed by atoms with Crippen LogP contribution in [0.25, 0.3) is 0 Å². The van der Waals surface area contributed by atoms with Gasteiger partial charge in [0.15, 0.2) is 5.82 Å². The van der Waals surface area contributed by atoms with E-state index in [1.165, 1.54) is 48.7 Å². The summed E-state index contributed by atoms with van der Waals surface area (Å²) in [7, 11) is 0. The van der Waals surface area contributed by atoms with Crippen LogP contribution in [0.15, 0.2) is 54.7 Å². The lowest BCUT2D eigenvalue weighted by molar-refractivity contribution is -0.0964. The highest BCUT2D eigenvalue weighted by atomic mass is 35.5. The van der Waals surface area contributed by atoms with Gasteiger partial charge in [-0.2, -0.15) is 5.26 Å². The number of hydrogen-bond acceptors (Lipinski definition) is 7. The molecule has 1 aliphatic rings. The van der Waals surface area contributed by atoms with Gasteiger partial charge in [-0.1, -0.05) is 0 Å². The Morgan fingerprint density at radius 1 is 1.22 bits per heavy atom. The number of ether oxygens (including phenoxy) is 1. The number of amides is 1. The van der Waals surface area contributed by atoms with Crippen LogP contribution in [0.5, 0.6) is 5.75 Å². The van der Waals surface area contributed by atoms with Gasteiger partial charge < -0.3 is 25.4 Å². The molecule has 0 saturated carbocycles. The fraction of sp³-hybridized carbons (Fsp3) is 0.208. The average Bonchev–Trinajstić information content (AvgIpc) is 3.26. The van der Waals surface area contributed by atoms with Crippen molar-refractivity contribution in [2.75, 3.05) is 28.6 Å². The van der Waals surface area contributed by atoms with E-state index < -0.39 is 23.4 Å². The highest BCUT2D eigenvalue weighted by Crippen LogP contribution is 2.32. The molecule has 0 aliphatic carbocycles. The van der Waals surface area contributed by atoms with Crippen molar-refractivity contribution in [3.63, 3.8) is 0 Å². The number of aromatic nitrogens is 1. The Bertz CT molecular complexity index is 1310. The molecule has 1 saturated heterocycles. The van der Waals surface area contributed by atoms with Crippen LogP contribution in [-0.4, -0.2) is 40.8 Å². The molecule has 186 valence electrons. The number of aliphatic hydroxyl groups is 1. The summed E-state index contributed by atoms with van der Waals surface area (Å²) >= 11 is 4.75. The third kappa shape index (κ3) is 6.16. The zero-order valence-electron chi connectivity index (χ0n) is 18.5. The zero-order chi connectivity index (χ0) is 25.9.